The van der Waals surface area contributed by atoms with Crippen LogP contribution in [0.5, 0.6) is 0 Å². The topological polar surface area (TPSA) is 55.7 Å². The summed E-state index contributed by atoms with van der Waals surface area (Å²) in [6.45, 7) is 6.25. The highest BCUT2D eigenvalue weighted by Gasteiger charge is 2.27. The molecule has 2 atom stereocenters. The Balaban J connectivity index is 1.54. The number of hydrogen-bond donors (Lipinski definition) is 2. The Morgan fingerprint density at radius 3 is 2.80 bits per heavy atom. The van der Waals surface area contributed by atoms with Gasteiger partial charge in [-0.25, -0.2) is 4.98 Å². The molecule has 1 aliphatic rings. The van der Waals surface area contributed by atoms with Gasteiger partial charge in [0.1, 0.15) is 25.3 Å². The molecular weight excluding hydrogens is 358 g/mol. The van der Waals surface area contributed by atoms with Crippen LogP contribution in [0.15, 0.2) is 30.5 Å². The van der Waals surface area contributed by atoms with Crippen molar-refractivity contribution in [3.8, 4) is 0 Å². The summed E-state index contributed by atoms with van der Waals surface area (Å²) >= 11 is 7.69. The number of carbonyl (C=O) groups excluding carboxylic acids is 1. The predicted molar refractivity (Wildman–Crippen MR) is 101 cm³/mol. The molecule has 2 N–H and O–H groups in total. The third-order valence-electron chi connectivity index (χ3n) is 4.15. The first-order chi connectivity index (χ1) is 12.0. The van der Waals surface area contributed by atoms with Crippen LogP contribution in [0.25, 0.3) is 0 Å². The zero-order chi connectivity index (χ0) is 17.8. The van der Waals surface area contributed by atoms with Crippen LogP contribution in [-0.4, -0.2) is 42.7 Å². The third kappa shape index (κ3) is 5.25. The molecule has 1 fully saturated rings. The molecule has 0 radical (unpaired) electrons. The number of nitrogens with one attached hydrogen (secondary N) is 2. The molecule has 1 aromatic heterocycles. The minimum Gasteiger partial charge on any atom is -0.364 e. The normalized spacial score (nSPS) is 23.4. The van der Waals surface area contributed by atoms with Crippen molar-refractivity contribution in [2.45, 2.75) is 32.5 Å². The van der Waals surface area contributed by atoms with Gasteiger partial charge in [-0.2, -0.15) is 0 Å². The fourth-order valence-corrected chi connectivity index (χ4v) is 4.25. The molecule has 0 spiro atoms. The molecule has 0 saturated carbocycles. The Kier molecular flexibility index (Phi) is 6.06. The molecule has 0 aliphatic carbocycles. The molecule has 7 heteroatoms. The smallest absolute Gasteiger partial charge is 0.281 e. The first-order valence-electron chi connectivity index (χ1n) is 8.46. The number of nitrogens with zero attached hydrogens (tertiary/aromatic N) is 1. The van der Waals surface area contributed by atoms with Gasteiger partial charge in [0, 0.05) is 22.5 Å². The zero-order valence-corrected chi connectivity index (χ0v) is 16.0. The number of carbonyl (C=O) groups is 1. The van der Waals surface area contributed by atoms with Crippen LogP contribution in [-0.2, 0) is 16.0 Å². The van der Waals surface area contributed by atoms with Gasteiger partial charge in [0.05, 0.1) is 0 Å². The van der Waals surface area contributed by atoms with Crippen LogP contribution in [0.4, 0.5) is 5.13 Å². The molecule has 1 aromatic carbocycles. The van der Waals surface area contributed by atoms with Crippen LogP contribution in [0.1, 0.15) is 24.3 Å². The van der Waals surface area contributed by atoms with Gasteiger partial charge in [-0.15, -0.1) is 11.3 Å². The second-order valence-corrected chi connectivity index (χ2v) is 8.06. The van der Waals surface area contributed by atoms with E-state index in [-0.39, 0.29) is 18.1 Å². The maximum absolute atomic E-state index is 12.3. The second-order valence-electron chi connectivity index (χ2n) is 6.54. The SMILES string of the molecule is C[C@H]1C[NH+](CC(=O)Nc2ncc(Cc3ccccc3Cl)s2)C[C@H](C)O1. The van der Waals surface area contributed by atoms with Crippen LogP contribution < -0.4 is 10.2 Å². The van der Waals surface area contributed by atoms with Crippen molar-refractivity contribution in [1.82, 2.24) is 4.98 Å². The Morgan fingerprint density at radius 1 is 1.36 bits per heavy atom. The van der Waals surface area contributed by atoms with Crippen molar-refractivity contribution in [2.75, 3.05) is 25.0 Å². The number of morpholine rings is 1. The van der Waals surface area contributed by atoms with Gasteiger partial charge in [0.2, 0.25) is 0 Å². The minimum atomic E-state index is -0.00468. The number of quaternary nitrogens is 1. The number of ether oxygens (including phenoxy) is 1. The maximum atomic E-state index is 12.3. The number of amides is 1. The average molecular weight is 381 g/mol. The molecule has 134 valence electrons. The number of benzene rings is 1. The molecule has 2 heterocycles. The summed E-state index contributed by atoms with van der Waals surface area (Å²) in [7, 11) is 0. The monoisotopic (exact) mass is 380 g/mol. The summed E-state index contributed by atoms with van der Waals surface area (Å²) in [5, 5.41) is 4.30. The average Bonchev–Trinajstić information content (AvgIpc) is 2.95. The van der Waals surface area contributed by atoms with E-state index in [1.165, 1.54) is 16.2 Å². The summed E-state index contributed by atoms with van der Waals surface area (Å²) in [4.78, 5) is 18.9. The lowest BCUT2D eigenvalue weighted by Crippen LogP contribution is -3.16. The van der Waals surface area contributed by atoms with Gasteiger partial charge in [-0.1, -0.05) is 29.8 Å². The number of rotatable bonds is 5. The molecule has 25 heavy (non-hydrogen) atoms. The minimum absolute atomic E-state index is 0.00468. The fraction of sp³-hybridized carbons (Fsp3) is 0.444. The Hall–Kier alpha value is -1.47. The summed E-state index contributed by atoms with van der Waals surface area (Å²) in [6.07, 6.45) is 2.90. The van der Waals surface area contributed by atoms with Gasteiger partial charge in [0.15, 0.2) is 11.7 Å². The molecule has 1 saturated heterocycles. The van der Waals surface area contributed by atoms with Gasteiger partial charge in [-0.05, 0) is 25.5 Å². The van der Waals surface area contributed by atoms with Gasteiger partial charge in [0.25, 0.3) is 5.91 Å². The number of anilines is 1. The van der Waals surface area contributed by atoms with Gasteiger partial charge in [-0.3, -0.25) is 10.1 Å². The highest BCUT2D eigenvalue weighted by molar-refractivity contribution is 7.15. The lowest BCUT2D eigenvalue weighted by atomic mass is 10.1. The standard InChI is InChI=1S/C18H22ClN3O2S/c1-12-9-22(10-13(2)24-12)11-17(23)21-18-20-8-15(25-18)7-14-5-3-4-6-16(14)19/h3-6,8,12-13H,7,9-11H2,1-2H3,(H,20,21,23)/p+1/t12-,13-/m0/s1. The molecule has 0 unspecified atom stereocenters. The molecule has 2 aromatic rings. The van der Waals surface area contributed by atoms with E-state index in [0.29, 0.717) is 11.7 Å². The first kappa shape index (κ1) is 18.3. The molecule has 0 bridgehead atoms. The van der Waals surface area contributed by atoms with E-state index >= 15 is 0 Å². The van der Waals surface area contributed by atoms with Crippen LogP contribution >= 0.6 is 22.9 Å². The second kappa shape index (κ2) is 8.27. The first-order valence-corrected chi connectivity index (χ1v) is 9.66. The Labute approximate surface area is 157 Å². The number of hydrogen-bond acceptors (Lipinski definition) is 4. The van der Waals surface area contributed by atoms with E-state index < -0.39 is 0 Å². The van der Waals surface area contributed by atoms with Crippen molar-refractivity contribution in [2.24, 2.45) is 0 Å². The van der Waals surface area contributed by atoms with Gasteiger partial charge < -0.3 is 9.64 Å². The number of halogens is 1. The van der Waals surface area contributed by atoms with Crippen molar-refractivity contribution >= 4 is 34.0 Å². The highest BCUT2D eigenvalue weighted by atomic mass is 35.5. The summed E-state index contributed by atoms with van der Waals surface area (Å²) in [5.74, 6) is -0.00468. The summed E-state index contributed by atoms with van der Waals surface area (Å²) < 4.78 is 5.71. The largest absolute Gasteiger partial charge is 0.364 e. The highest BCUT2D eigenvalue weighted by Crippen LogP contribution is 2.24. The molecule has 5 nitrogen and oxygen atoms in total. The summed E-state index contributed by atoms with van der Waals surface area (Å²) in [6, 6.07) is 7.77. The van der Waals surface area contributed by atoms with Crippen molar-refractivity contribution in [1.29, 1.82) is 0 Å². The van der Waals surface area contributed by atoms with E-state index in [0.717, 1.165) is 35.0 Å². The lowest BCUT2D eigenvalue weighted by molar-refractivity contribution is -0.907. The van der Waals surface area contributed by atoms with E-state index in [1.807, 2.05) is 24.3 Å². The van der Waals surface area contributed by atoms with E-state index in [9.17, 15) is 4.79 Å². The number of aromatic nitrogens is 1. The van der Waals surface area contributed by atoms with Crippen LogP contribution in [0, 0.1) is 0 Å². The van der Waals surface area contributed by atoms with Gasteiger partial charge >= 0.3 is 0 Å². The molecule has 1 aliphatic heterocycles. The van der Waals surface area contributed by atoms with Crippen molar-refractivity contribution < 1.29 is 14.4 Å². The predicted octanol–water partition coefficient (Wildman–Crippen LogP) is 2.02. The lowest BCUT2D eigenvalue weighted by Gasteiger charge is -2.31. The van der Waals surface area contributed by atoms with Crippen molar-refractivity contribution in [3.05, 3.63) is 45.9 Å². The van der Waals surface area contributed by atoms with Crippen LogP contribution in [0.2, 0.25) is 5.02 Å². The fourth-order valence-electron chi connectivity index (χ4n) is 3.20. The quantitative estimate of drug-likeness (QED) is 0.834. The summed E-state index contributed by atoms with van der Waals surface area (Å²) in [5.41, 5.74) is 1.06. The third-order valence-corrected chi connectivity index (χ3v) is 5.43. The van der Waals surface area contributed by atoms with E-state index in [4.69, 9.17) is 16.3 Å². The van der Waals surface area contributed by atoms with Crippen LogP contribution in [0.3, 0.4) is 0 Å². The Morgan fingerprint density at radius 2 is 2.08 bits per heavy atom. The molecule has 1 amide bonds. The zero-order valence-electron chi connectivity index (χ0n) is 14.4. The molecular formula is C18H23ClN3O2S+. The van der Waals surface area contributed by atoms with Crippen molar-refractivity contribution in [3.63, 3.8) is 0 Å². The Bertz CT molecular complexity index is 727. The number of thiazole rings is 1. The van der Waals surface area contributed by atoms with E-state index in [2.05, 4.69) is 24.1 Å². The molecule has 3 rings (SSSR count). The van der Waals surface area contributed by atoms with E-state index in [1.54, 1.807) is 6.20 Å². The maximum Gasteiger partial charge on any atom is 0.281 e.